The summed E-state index contributed by atoms with van der Waals surface area (Å²) in [4.78, 5) is 12.5. The molecular weight excluding hydrogens is 235 g/mol. The van der Waals surface area contributed by atoms with Crippen LogP contribution in [0.25, 0.3) is 0 Å². The summed E-state index contributed by atoms with van der Waals surface area (Å²) in [5, 5.41) is 0. The molecular formula is C11H20F3NO2. The first-order valence-electron chi connectivity index (χ1n) is 5.79. The third-order valence-corrected chi connectivity index (χ3v) is 2.48. The molecule has 0 unspecified atom stereocenters. The zero-order valence-electron chi connectivity index (χ0n) is 10.5. The van der Waals surface area contributed by atoms with Crippen molar-refractivity contribution in [3.63, 3.8) is 0 Å². The van der Waals surface area contributed by atoms with Gasteiger partial charge in [-0.15, -0.1) is 0 Å². The maximum Gasteiger partial charge on any atom is 0.406 e. The fourth-order valence-electron chi connectivity index (χ4n) is 1.62. The SMILES string of the molecule is CCOCC(=O)N(CC(F)(F)F)C(CC)CC. The van der Waals surface area contributed by atoms with E-state index in [-0.39, 0.29) is 12.6 Å². The van der Waals surface area contributed by atoms with Gasteiger partial charge in [-0.3, -0.25) is 4.79 Å². The van der Waals surface area contributed by atoms with E-state index in [0.717, 1.165) is 4.90 Å². The van der Waals surface area contributed by atoms with Crippen LogP contribution in [-0.2, 0) is 9.53 Å². The summed E-state index contributed by atoms with van der Waals surface area (Å²) in [6.45, 7) is 4.05. The van der Waals surface area contributed by atoms with Crippen LogP contribution in [0.2, 0.25) is 0 Å². The van der Waals surface area contributed by atoms with E-state index in [0.29, 0.717) is 19.4 Å². The van der Waals surface area contributed by atoms with Crippen molar-refractivity contribution in [1.29, 1.82) is 0 Å². The number of ether oxygens (including phenoxy) is 1. The lowest BCUT2D eigenvalue weighted by Crippen LogP contribution is -2.46. The topological polar surface area (TPSA) is 29.5 Å². The molecule has 0 spiro atoms. The minimum atomic E-state index is -4.37. The minimum absolute atomic E-state index is 0.289. The molecule has 3 nitrogen and oxygen atoms in total. The zero-order chi connectivity index (χ0) is 13.5. The van der Waals surface area contributed by atoms with Gasteiger partial charge in [-0.1, -0.05) is 13.8 Å². The molecule has 0 heterocycles. The van der Waals surface area contributed by atoms with Gasteiger partial charge in [0.1, 0.15) is 13.2 Å². The normalized spacial score (nSPS) is 11.9. The van der Waals surface area contributed by atoms with Gasteiger partial charge in [0.05, 0.1) is 0 Å². The molecule has 0 radical (unpaired) electrons. The van der Waals surface area contributed by atoms with Gasteiger partial charge in [0.15, 0.2) is 0 Å². The molecule has 17 heavy (non-hydrogen) atoms. The Morgan fingerprint density at radius 1 is 1.24 bits per heavy atom. The molecule has 0 rings (SSSR count). The number of amides is 1. The van der Waals surface area contributed by atoms with Gasteiger partial charge >= 0.3 is 6.18 Å². The van der Waals surface area contributed by atoms with Crippen molar-refractivity contribution in [2.45, 2.75) is 45.8 Å². The number of carbonyl (C=O) groups excluding carboxylic acids is 1. The van der Waals surface area contributed by atoms with Crippen LogP contribution in [0.4, 0.5) is 13.2 Å². The summed E-state index contributed by atoms with van der Waals surface area (Å²) >= 11 is 0. The number of carbonyl (C=O) groups is 1. The average molecular weight is 255 g/mol. The van der Waals surface area contributed by atoms with E-state index in [1.54, 1.807) is 20.8 Å². The molecule has 6 heteroatoms. The summed E-state index contributed by atoms with van der Waals surface area (Å²) in [6, 6.07) is -0.385. The number of hydrogen-bond donors (Lipinski definition) is 0. The summed E-state index contributed by atoms with van der Waals surface area (Å²) in [5.74, 6) is -0.599. The Morgan fingerprint density at radius 3 is 2.12 bits per heavy atom. The smallest absolute Gasteiger partial charge is 0.372 e. The highest BCUT2D eigenvalue weighted by molar-refractivity contribution is 5.77. The first kappa shape index (κ1) is 16.2. The third-order valence-electron chi connectivity index (χ3n) is 2.48. The van der Waals surface area contributed by atoms with Crippen molar-refractivity contribution >= 4 is 5.91 Å². The lowest BCUT2D eigenvalue weighted by molar-refractivity contribution is -0.168. The summed E-state index contributed by atoms with van der Waals surface area (Å²) in [7, 11) is 0. The van der Waals surface area contributed by atoms with Crippen LogP contribution in [0.15, 0.2) is 0 Å². The Labute approximate surface area is 99.9 Å². The van der Waals surface area contributed by atoms with Gasteiger partial charge in [0, 0.05) is 12.6 Å². The lowest BCUT2D eigenvalue weighted by atomic mass is 10.1. The predicted molar refractivity (Wildman–Crippen MR) is 58.6 cm³/mol. The second-order valence-electron chi connectivity index (χ2n) is 3.74. The first-order chi connectivity index (χ1) is 7.85. The van der Waals surface area contributed by atoms with Crippen molar-refractivity contribution in [3.8, 4) is 0 Å². The quantitative estimate of drug-likeness (QED) is 0.700. The molecule has 0 aliphatic carbocycles. The van der Waals surface area contributed by atoms with Crippen LogP contribution in [0.1, 0.15) is 33.6 Å². The van der Waals surface area contributed by atoms with Gasteiger partial charge in [-0.05, 0) is 19.8 Å². The number of hydrogen-bond acceptors (Lipinski definition) is 2. The van der Waals surface area contributed by atoms with Gasteiger partial charge in [0.25, 0.3) is 0 Å². The monoisotopic (exact) mass is 255 g/mol. The third kappa shape index (κ3) is 6.51. The Morgan fingerprint density at radius 2 is 1.76 bits per heavy atom. The lowest BCUT2D eigenvalue weighted by Gasteiger charge is -2.31. The van der Waals surface area contributed by atoms with Crippen molar-refractivity contribution in [2.24, 2.45) is 0 Å². The first-order valence-corrected chi connectivity index (χ1v) is 5.79. The maximum atomic E-state index is 12.4. The van der Waals surface area contributed by atoms with Gasteiger partial charge < -0.3 is 9.64 Å². The van der Waals surface area contributed by atoms with E-state index < -0.39 is 18.6 Å². The molecule has 0 aliphatic heterocycles. The second kappa shape index (κ2) is 7.53. The molecule has 0 atom stereocenters. The summed E-state index contributed by atoms with van der Waals surface area (Å²) in [5.41, 5.74) is 0. The standard InChI is InChI=1S/C11H20F3NO2/c1-4-9(5-2)15(8-11(12,13)14)10(16)7-17-6-3/h9H,4-8H2,1-3H3. The number of nitrogens with zero attached hydrogens (tertiary/aromatic N) is 1. The number of alkyl halides is 3. The second-order valence-corrected chi connectivity index (χ2v) is 3.74. The van der Waals surface area contributed by atoms with Crippen LogP contribution in [0, 0.1) is 0 Å². The minimum Gasteiger partial charge on any atom is -0.372 e. The molecule has 0 aromatic carbocycles. The van der Waals surface area contributed by atoms with E-state index in [4.69, 9.17) is 4.74 Å². The zero-order valence-corrected chi connectivity index (χ0v) is 10.5. The average Bonchev–Trinajstić information content (AvgIpc) is 2.24. The Kier molecular flexibility index (Phi) is 7.18. The molecule has 1 amide bonds. The van der Waals surface area contributed by atoms with Crippen LogP contribution in [0.5, 0.6) is 0 Å². The molecule has 0 fully saturated rings. The number of rotatable bonds is 7. The van der Waals surface area contributed by atoms with Crippen molar-refractivity contribution in [2.75, 3.05) is 19.8 Å². The molecule has 0 N–H and O–H groups in total. The summed E-state index contributed by atoms with van der Waals surface area (Å²) < 4.78 is 42.0. The molecule has 0 aromatic heterocycles. The van der Waals surface area contributed by atoms with Crippen LogP contribution < -0.4 is 0 Å². The van der Waals surface area contributed by atoms with Crippen LogP contribution in [-0.4, -0.2) is 42.8 Å². The highest BCUT2D eigenvalue weighted by Crippen LogP contribution is 2.20. The molecule has 102 valence electrons. The van der Waals surface area contributed by atoms with Crippen molar-refractivity contribution in [1.82, 2.24) is 4.90 Å². The van der Waals surface area contributed by atoms with E-state index >= 15 is 0 Å². The molecule has 0 bridgehead atoms. The van der Waals surface area contributed by atoms with E-state index in [1.165, 1.54) is 0 Å². The Balaban J connectivity index is 4.65. The van der Waals surface area contributed by atoms with E-state index in [1.807, 2.05) is 0 Å². The van der Waals surface area contributed by atoms with Crippen LogP contribution in [0.3, 0.4) is 0 Å². The fraction of sp³-hybridized carbons (Fsp3) is 0.909. The Bertz CT molecular complexity index is 227. The highest BCUT2D eigenvalue weighted by atomic mass is 19.4. The van der Waals surface area contributed by atoms with Crippen molar-refractivity contribution < 1.29 is 22.7 Å². The Hall–Kier alpha value is -0.780. The van der Waals surface area contributed by atoms with Gasteiger partial charge in [0.2, 0.25) is 5.91 Å². The van der Waals surface area contributed by atoms with Crippen molar-refractivity contribution in [3.05, 3.63) is 0 Å². The van der Waals surface area contributed by atoms with E-state index in [2.05, 4.69) is 0 Å². The molecule has 0 saturated carbocycles. The van der Waals surface area contributed by atoms with Gasteiger partial charge in [-0.2, -0.15) is 13.2 Å². The number of halogens is 3. The van der Waals surface area contributed by atoms with Crippen LogP contribution >= 0.6 is 0 Å². The predicted octanol–water partition coefficient (Wildman–Crippen LogP) is 2.60. The molecule has 0 aromatic rings. The maximum absolute atomic E-state index is 12.4. The largest absolute Gasteiger partial charge is 0.406 e. The van der Waals surface area contributed by atoms with E-state index in [9.17, 15) is 18.0 Å². The summed E-state index contributed by atoms with van der Waals surface area (Å²) in [6.07, 6.45) is -3.36. The highest BCUT2D eigenvalue weighted by Gasteiger charge is 2.35. The molecule has 0 aliphatic rings. The van der Waals surface area contributed by atoms with Gasteiger partial charge in [-0.25, -0.2) is 0 Å². The fourth-order valence-corrected chi connectivity index (χ4v) is 1.62. The molecule has 0 saturated heterocycles.